The Bertz CT molecular complexity index is 1180. The predicted octanol–water partition coefficient (Wildman–Crippen LogP) is 4.70. The molecule has 0 saturated heterocycles. The molecule has 0 radical (unpaired) electrons. The zero-order valence-corrected chi connectivity index (χ0v) is 14.3. The van der Waals surface area contributed by atoms with Crippen molar-refractivity contribution in [1.82, 2.24) is 4.98 Å². The van der Waals surface area contributed by atoms with E-state index in [2.05, 4.69) is 4.98 Å². The molecule has 0 fully saturated rings. The van der Waals surface area contributed by atoms with Gasteiger partial charge in [-0.3, -0.25) is 14.6 Å². The first-order valence-electron chi connectivity index (χ1n) is 8.65. The van der Waals surface area contributed by atoms with Crippen LogP contribution in [-0.4, -0.2) is 16.8 Å². The molecule has 1 aliphatic heterocycles. The fraction of sp³-hybridized carbons (Fsp3) is 0. The predicted molar refractivity (Wildman–Crippen MR) is 105 cm³/mol. The number of benzene rings is 3. The van der Waals surface area contributed by atoms with E-state index in [1.807, 2.05) is 48.5 Å². The zero-order valence-electron chi connectivity index (χ0n) is 14.3. The molecule has 0 unspecified atom stereocenters. The summed E-state index contributed by atoms with van der Waals surface area (Å²) in [6.07, 6.45) is 3.51. The van der Waals surface area contributed by atoms with Crippen LogP contribution in [0.5, 0.6) is 0 Å². The van der Waals surface area contributed by atoms with E-state index in [4.69, 9.17) is 0 Å². The molecule has 27 heavy (non-hydrogen) atoms. The van der Waals surface area contributed by atoms with E-state index < -0.39 is 0 Å². The Balaban J connectivity index is 1.78. The molecular formula is C23H14N2O2. The first kappa shape index (κ1) is 15.5. The zero-order chi connectivity index (χ0) is 18.4. The van der Waals surface area contributed by atoms with Gasteiger partial charge >= 0.3 is 0 Å². The van der Waals surface area contributed by atoms with Gasteiger partial charge in [0, 0.05) is 34.5 Å². The maximum atomic E-state index is 13.2. The quantitative estimate of drug-likeness (QED) is 0.492. The molecule has 0 spiro atoms. The van der Waals surface area contributed by atoms with Gasteiger partial charge in [0.1, 0.15) is 0 Å². The highest BCUT2D eigenvalue weighted by atomic mass is 16.2. The molecule has 2 heterocycles. The van der Waals surface area contributed by atoms with Crippen LogP contribution >= 0.6 is 0 Å². The van der Waals surface area contributed by atoms with Gasteiger partial charge in [-0.05, 0) is 41.3 Å². The van der Waals surface area contributed by atoms with Crippen molar-refractivity contribution in [3.63, 3.8) is 0 Å². The monoisotopic (exact) mass is 350 g/mol. The van der Waals surface area contributed by atoms with Crippen LogP contribution in [-0.2, 0) is 0 Å². The highest BCUT2D eigenvalue weighted by Crippen LogP contribution is 2.37. The van der Waals surface area contributed by atoms with Gasteiger partial charge in [-0.15, -0.1) is 0 Å². The largest absolute Gasteiger partial charge is 0.268 e. The van der Waals surface area contributed by atoms with E-state index in [0.29, 0.717) is 22.2 Å². The third kappa shape index (κ3) is 2.27. The lowest BCUT2D eigenvalue weighted by Crippen LogP contribution is -2.40. The van der Waals surface area contributed by atoms with Crippen molar-refractivity contribution < 1.29 is 9.59 Å². The number of pyridine rings is 1. The minimum Gasteiger partial charge on any atom is -0.268 e. The molecule has 0 N–H and O–H groups in total. The maximum Gasteiger partial charge on any atom is 0.265 e. The summed E-state index contributed by atoms with van der Waals surface area (Å²) >= 11 is 0. The number of amides is 2. The van der Waals surface area contributed by atoms with E-state index >= 15 is 0 Å². The summed E-state index contributed by atoms with van der Waals surface area (Å²) in [5.74, 6) is -0.597. The lowest BCUT2D eigenvalue weighted by molar-refractivity contribution is 0.0893. The van der Waals surface area contributed by atoms with Gasteiger partial charge in [0.25, 0.3) is 11.8 Å². The van der Waals surface area contributed by atoms with Crippen molar-refractivity contribution >= 4 is 28.3 Å². The van der Waals surface area contributed by atoms with Gasteiger partial charge in [-0.25, -0.2) is 4.90 Å². The number of rotatable bonds is 2. The molecule has 4 aromatic rings. The summed E-state index contributed by atoms with van der Waals surface area (Å²) in [6, 6.07) is 22.2. The van der Waals surface area contributed by atoms with Gasteiger partial charge < -0.3 is 0 Å². The summed E-state index contributed by atoms with van der Waals surface area (Å²) in [4.78, 5) is 31.7. The molecule has 3 aromatic carbocycles. The average molecular weight is 350 g/mol. The molecule has 128 valence electrons. The Kier molecular flexibility index (Phi) is 3.37. The van der Waals surface area contributed by atoms with Crippen molar-refractivity contribution in [3.05, 3.63) is 96.3 Å². The van der Waals surface area contributed by atoms with E-state index in [1.165, 1.54) is 4.90 Å². The fourth-order valence-corrected chi connectivity index (χ4v) is 3.68. The van der Waals surface area contributed by atoms with Crippen molar-refractivity contribution in [1.29, 1.82) is 0 Å². The molecule has 0 saturated carbocycles. The molecule has 1 aliphatic rings. The topological polar surface area (TPSA) is 50.3 Å². The number of nitrogens with zero attached hydrogens (tertiary/aromatic N) is 2. The van der Waals surface area contributed by atoms with E-state index in [9.17, 15) is 9.59 Å². The van der Waals surface area contributed by atoms with Gasteiger partial charge in [0.05, 0.1) is 5.69 Å². The van der Waals surface area contributed by atoms with Gasteiger partial charge in [-0.2, -0.15) is 0 Å². The summed E-state index contributed by atoms with van der Waals surface area (Å²) < 4.78 is 0. The molecule has 5 rings (SSSR count). The number of imide groups is 1. The minimum absolute atomic E-state index is 0.298. The molecular weight excluding hydrogens is 336 g/mol. The Morgan fingerprint density at radius 2 is 1.41 bits per heavy atom. The van der Waals surface area contributed by atoms with Gasteiger partial charge in [0.2, 0.25) is 0 Å². The number of para-hydroxylation sites is 1. The standard InChI is InChI=1S/C23H14N2O2/c26-22-19-10-4-9-18-17(15-6-5-13-24-14-15)11-12-20(21(18)19)23(27)25(22)16-7-2-1-3-8-16/h1-14H. The van der Waals surface area contributed by atoms with E-state index in [0.717, 1.165) is 16.5 Å². The van der Waals surface area contributed by atoms with Crippen molar-refractivity contribution in [2.45, 2.75) is 0 Å². The first-order valence-corrected chi connectivity index (χ1v) is 8.65. The Labute approximate surface area is 155 Å². The van der Waals surface area contributed by atoms with Crippen LogP contribution in [0.2, 0.25) is 0 Å². The second-order valence-electron chi connectivity index (χ2n) is 6.41. The average Bonchev–Trinajstić information content (AvgIpc) is 2.73. The summed E-state index contributed by atoms with van der Waals surface area (Å²) in [5.41, 5.74) is 3.56. The summed E-state index contributed by atoms with van der Waals surface area (Å²) in [5, 5.41) is 1.59. The Morgan fingerprint density at radius 3 is 2.15 bits per heavy atom. The maximum absolute atomic E-state index is 13.2. The number of anilines is 1. The second kappa shape index (κ2) is 5.88. The molecule has 0 aliphatic carbocycles. The fourth-order valence-electron chi connectivity index (χ4n) is 3.68. The normalized spacial score (nSPS) is 13.3. The number of hydrogen-bond acceptors (Lipinski definition) is 3. The Hall–Kier alpha value is -3.79. The number of aromatic nitrogens is 1. The molecule has 2 amide bonds. The number of carbonyl (C=O) groups excluding carboxylic acids is 2. The lowest BCUT2D eigenvalue weighted by atomic mass is 9.89. The molecule has 0 atom stereocenters. The molecule has 1 aromatic heterocycles. The van der Waals surface area contributed by atoms with E-state index in [-0.39, 0.29) is 11.8 Å². The molecule has 0 bridgehead atoms. The van der Waals surface area contributed by atoms with Crippen molar-refractivity contribution in [3.8, 4) is 11.1 Å². The van der Waals surface area contributed by atoms with Crippen LogP contribution in [0.1, 0.15) is 20.7 Å². The molecule has 4 heteroatoms. The third-order valence-corrected chi connectivity index (χ3v) is 4.89. The third-order valence-electron chi connectivity index (χ3n) is 4.89. The highest BCUT2D eigenvalue weighted by Gasteiger charge is 2.34. The van der Waals surface area contributed by atoms with Crippen LogP contribution in [0.15, 0.2) is 85.2 Å². The van der Waals surface area contributed by atoms with Crippen LogP contribution in [0, 0.1) is 0 Å². The number of hydrogen-bond donors (Lipinski definition) is 0. The SMILES string of the molecule is O=C1c2cccc3c(-c4cccnc4)ccc(c23)C(=O)N1c1ccccc1. The van der Waals surface area contributed by atoms with Crippen LogP contribution in [0.25, 0.3) is 21.9 Å². The van der Waals surface area contributed by atoms with Crippen molar-refractivity contribution in [2.24, 2.45) is 0 Å². The minimum atomic E-state index is -0.298. The smallest absolute Gasteiger partial charge is 0.265 e. The summed E-state index contributed by atoms with van der Waals surface area (Å²) in [7, 11) is 0. The van der Waals surface area contributed by atoms with E-state index in [1.54, 1.807) is 36.7 Å². The Morgan fingerprint density at radius 1 is 0.667 bits per heavy atom. The first-order chi connectivity index (χ1) is 13.3. The molecule has 4 nitrogen and oxygen atoms in total. The van der Waals surface area contributed by atoms with Crippen LogP contribution in [0.4, 0.5) is 5.69 Å². The van der Waals surface area contributed by atoms with Gasteiger partial charge in [0.15, 0.2) is 0 Å². The summed E-state index contributed by atoms with van der Waals surface area (Å²) in [6.45, 7) is 0. The van der Waals surface area contributed by atoms with Crippen molar-refractivity contribution in [2.75, 3.05) is 4.90 Å². The highest BCUT2D eigenvalue weighted by molar-refractivity contribution is 6.36. The number of carbonyl (C=O) groups is 2. The van der Waals surface area contributed by atoms with Crippen LogP contribution < -0.4 is 4.90 Å². The second-order valence-corrected chi connectivity index (χ2v) is 6.41. The van der Waals surface area contributed by atoms with Gasteiger partial charge in [-0.1, -0.05) is 42.5 Å². The van der Waals surface area contributed by atoms with Crippen LogP contribution in [0.3, 0.4) is 0 Å². The lowest BCUT2D eigenvalue weighted by Gasteiger charge is -2.27.